The molecule has 0 aliphatic carbocycles. The molecule has 3 nitrogen and oxygen atoms in total. The van der Waals surface area contributed by atoms with Crippen molar-refractivity contribution < 1.29 is 9.28 Å². The molecule has 0 atom stereocenters. The molecule has 1 rings (SSSR count). The summed E-state index contributed by atoms with van der Waals surface area (Å²) in [6.45, 7) is 11.4. The van der Waals surface area contributed by atoms with Gasteiger partial charge in [-0.1, -0.05) is 6.42 Å². The Morgan fingerprint density at radius 2 is 1.76 bits per heavy atom. The molecule has 0 N–H and O–H groups in total. The zero-order chi connectivity index (χ0) is 12.9. The van der Waals surface area contributed by atoms with Crippen molar-refractivity contribution in [1.82, 2.24) is 4.90 Å². The number of amides is 1. The second kappa shape index (κ2) is 6.39. The molecule has 1 heterocycles. The Kier molecular flexibility index (Phi) is 5.44. The van der Waals surface area contributed by atoms with Crippen LogP contribution in [0.4, 0.5) is 0 Å². The molecule has 0 spiro atoms. The van der Waals surface area contributed by atoms with Gasteiger partial charge >= 0.3 is 0 Å². The lowest BCUT2D eigenvalue weighted by Gasteiger charge is -2.22. The molecule has 0 bridgehead atoms. The van der Waals surface area contributed by atoms with Gasteiger partial charge in [-0.3, -0.25) is 4.79 Å². The lowest BCUT2D eigenvalue weighted by atomic mass is 10.1. The molecule has 0 aromatic heterocycles. The molecule has 1 aliphatic heterocycles. The standard InChI is InChI=1S/C14H29N2O/c1-13(2)16(11-12-16)10-8-6-5-7-9-15(4)14(3)17/h13H,5-12H2,1-4H3/q+1. The summed E-state index contributed by atoms with van der Waals surface area (Å²) in [5.74, 6) is 0.179. The second-order valence-electron chi connectivity index (χ2n) is 5.84. The minimum Gasteiger partial charge on any atom is -0.346 e. The largest absolute Gasteiger partial charge is 0.346 e. The number of carbonyl (C=O) groups excluding carboxylic acids is 1. The zero-order valence-corrected chi connectivity index (χ0v) is 12.0. The van der Waals surface area contributed by atoms with Gasteiger partial charge in [0.1, 0.15) is 13.1 Å². The first-order valence-corrected chi connectivity index (χ1v) is 7.05. The number of hydrogen-bond donors (Lipinski definition) is 0. The van der Waals surface area contributed by atoms with E-state index >= 15 is 0 Å². The van der Waals surface area contributed by atoms with E-state index in [1.807, 2.05) is 11.9 Å². The highest BCUT2D eigenvalue weighted by atomic mass is 16.2. The van der Waals surface area contributed by atoms with Crippen molar-refractivity contribution in [3.05, 3.63) is 0 Å². The molecule has 0 aromatic carbocycles. The average molecular weight is 241 g/mol. The lowest BCUT2D eigenvalue weighted by molar-refractivity contribution is -0.823. The molecule has 3 heteroatoms. The van der Waals surface area contributed by atoms with Crippen LogP contribution < -0.4 is 0 Å². The van der Waals surface area contributed by atoms with Crippen molar-refractivity contribution in [2.24, 2.45) is 0 Å². The van der Waals surface area contributed by atoms with Crippen molar-refractivity contribution >= 4 is 5.91 Å². The summed E-state index contributed by atoms with van der Waals surface area (Å²) in [6, 6.07) is 0.804. The van der Waals surface area contributed by atoms with Gasteiger partial charge in [-0.15, -0.1) is 0 Å². The van der Waals surface area contributed by atoms with E-state index in [4.69, 9.17) is 0 Å². The Labute approximate surface area is 106 Å². The van der Waals surface area contributed by atoms with Crippen molar-refractivity contribution in [2.45, 2.75) is 52.5 Å². The van der Waals surface area contributed by atoms with Crippen molar-refractivity contribution in [3.63, 3.8) is 0 Å². The fraction of sp³-hybridized carbons (Fsp3) is 0.929. The summed E-state index contributed by atoms with van der Waals surface area (Å²) in [5.41, 5.74) is 0. The van der Waals surface area contributed by atoms with Gasteiger partial charge in [-0.25, -0.2) is 0 Å². The minimum atomic E-state index is 0.179. The third kappa shape index (κ3) is 4.66. The van der Waals surface area contributed by atoms with E-state index in [0.717, 1.165) is 19.0 Å². The third-order valence-electron chi connectivity index (χ3n) is 4.28. The minimum absolute atomic E-state index is 0.179. The van der Waals surface area contributed by atoms with Crippen LogP contribution in [-0.4, -0.2) is 54.6 Å². The number of carbonyl (C=O) groups is 1. The number of unbranched alkanes of at least 4 members (excludes halogenated alkanes) is 3. The third-order valence-corrected chi connectivity index (χ3v) is 4.28. The summed E-state index contributed by atoms with van der Waals surface area (Å²) < 4.78 is 1.35. The Morgan fingerprint density at radius 1 is 1.18 bits per heavy atom. The molecule has 0 aromatic rings. The maximum absolute atomic E-state index is 11.0. The SMILES string of the molecule is CC(=O)N(C)CCCCCC[N+]1(C(C)C)CC1. The van der Waals surface area contributed by atoms with Gasteiger partial charge in [0.15, 0.2) is 0 Å². The van der Waals surface area contributed by atoms with E-state index in [9.17, 15) is 4.79 Å². The van der Waals surface area contributed by atoms with E-state index in [2.05, 4.69) is 13.8 Å². The van der Waals surface area contributed by atoms with Crippen LogP contribution >= 0.6 is 0 Å². The lowest BCUT2D eigenvalue weighted by Crippen LogP contribution is -2.34. The van der Waals surface area contributed by atoms with Gasteiger partial charge in [-0.05, 0) is 33.1 Å². The monoisotopic (exact) mass is 241 g/mol. The first kappa shape index (κ1) is 14.5. The number of hydrogen-bond acceptors (Lipinski definition) is 1. The highest BCUT2D eigenvalue weighted by Crippen LogP contribution is 2.26. The molecule has 1 fully saturated rings. The Hall–Kier alpha value is -0.570. The van der Waals surface area contributed by atoms with Crippen molar-refractivity contribution in [2.75, 3.05) is 33.2 Å². The molecule has 0 unspecified atom stereocenters. The predicted molar refractivity (Wildman–Crippen MR) is 71.8 cm³/mol. The van der Waals surface area contributed by atoms with Crippen LogP contribution in [0.25, 0.3) is 0 Å². The second-order valence-corrected chi connectivity index (χ2v) is 5.84. The summed E-state index contributed by atoms with van der Waals surface area (Å²) in [7, 11) is 1.89. The molecule has 1 aliphatic rings. The predicted octanol–water partition coefficient (Wildman–Crippen LogP) is 2.26. The van der Waals surface area contributed by atoms with Gasteiger partial charge in [0.2, 0.25) is 5.91 Å². The van der Waals surface area contributed by atoms with E-state index < -0.39 is 0 Å². The molecule has 17 heavy (non-hydrogen) atoms. The summed E-state index contributed by atoms with van der Waals surface area (Å²) in [6.07, 6.45) is 5.08. The first-order valence-electron chi connectivity index (χ1n) is 7.05. The quantitative estimate of drug-likeness (QED) is 0.363. The Balaban J connectivity index is 1.97. The smallest absolute Gasteiger partial charge is 0.219 e. The Morgan fingerprint density at radius 3 is 2.24 bits per heavy atom. The fourth-order valence-electron chi connectivity index (χ4n) is 2.41. The van der Waals surface area contributed by atoms with Crippen LogP contribution in [0.5, 0.6) is 0 Å². The summed E-state index contributed by atoms with van der Waals surface area (Å²) >= 11 is 0. The van der Waals surface area contributed by atoms with Crippen molar-refractivity contribution in [3.8, 4) is 0 Å². The zero-order valence-electron chi connectivity index (χ0n) is 12.0. The van der Waals surface area contributed by atoms with Crippen LogP contribution in [-0.2, 0) is 4.79 Å². The van der Waals surface area contributed by atoms with E-state index in [0.29, 0.717) is 0 Å². The topological polar surface area (TPSA) is 20.3 Å². The van der Waals surface area contributed by atoms with Crippen LogP contribution in [0.1, 0.15) is 46.5 Å². The van der Waals surface area contributed by atoms with E-state index in [1.165, 1.54) is 43.4 Å². The average Bonchev–Trinajstić information content (AvgIpc) is 3.03. The number of nitrogens with zero attached hydrogens (tertiary/aromatic N) is 2. The first-order chi connectivity index (χ1) is 7.98. The van der Waals surface area contributed by atoms with Gasteiger partial charge in [-0.2, -0.15) is 0 Å². The van der Waals surface area contributed by atoms with Gasteiger partial charge in [0.25, 0.3) is 0 Å². The fourth-order valence-corrected chi connectivity index (χ4v) is 2.41. The van der Waals surface area contributed by atoms with Crippen LogP contribution in [0.3, 0.4) is 0 Å². The van der Waals surface area contributed by atoms with Crippen LogP contribution in [0.2, 0.25) is 0 Å². The van der Waals surface area contributed by atoms with Crippen LogP contribution in [0.15, 0.2) is 0 Å². The molecule has 0 saturated carbocycles. The van der Waals surface area contributed by atoms with Crippen LogP contribution in [0, 0.1) is 0 Å². The number of rotatable bonds is 8. The Bertz CT molecular complexity index is 247. The molecule has 1 amide bonds. The highest BCUT2D eigenvalue weighted by molar-refractivity contribution is 5.72. The van der Waals surface area contributed by atoms with Gasteiger partial charge in [0, 0.05) is 20.5 Å². The number of quaternary nitrogens is 1. The molecule has 100 valence electrons. The van der Waals surface area contributed by atoms with Crippen molar-refractivity contribution in [1.29, 1.82) is 0 Å². The molecule has 0 radical (unpaired) electrons. The highest BCUT2D eigenvalue weighted by Gasteiger charge is 2.43. The maximum Gasteiger partial charge on any atom is 0.219 e. The van der Waals surface area contributed by atoms with Gasteiger partial charge < -0.3 is 9.38 Å². The molecular formula is C14H29N2O+. The summed E-state index contributed by atoms with van der Waals surface area (Å²) in [5, 5.41) is 0. The van der Waals surface area contributed by atoms with E-state index in [1.54, 1.807) is 6.92 Å². The molecule has 1 saturated heterocycles. The molecular weight excluding hydrogens is 212 g/mol. The van der Waals surface area contributed by atoms with E-state index in [-0.39, 0.29) is 5.91 Å². The maximum atomic E-state index is 11.0. The normalized spacial score (nSPS) is 17.2. The summed E-state index contributed by atoms with van der Waals surface area (Å²) in [4.78, 5) is 12.8. The van der Waals surface area contributed by atoms with Gasteiger partial charge in [0.05, 0.1) is 12.6 Å².